The number of thiazole rings is 1. The minimum absolute atomic E-state index is 0.160. The zero-order valence-electron chi connectivity index (χ0n) is 21.4. The summed E-state index contributed by atoms with van der Waals surface area (Å²) in [5, 5.41) is 17.8. The maximum absolute atomic E-state index is 13.0. The first-order valence-corrected chi connectivity index (χ1v) is 14.7. The molecule has 2 atom stereocenters. The summed E-state index contributed by atoms with van der Waals surface area (Å²) in [5.41, 5.74) is 5.88. The fourth-order valence-electron chi connectivity index (χ4n) is 5.07. The summed E-state index contributed by atoms with van der Waals surface area (Å²) in [6.45, 7) is 1.84. The van der Waals surface area contributed by atoms with E-state index in [0.717, 1.165) is 47.2 Å². The van der Waals surface area contributed by atoms with Gasteiger partial charge in [0.25, 0.3) is 0 Å². The van der Waals surface area contributed by atoms with Crippen LogP contribution in [0.5, 0.6) is 0 Å². The van der Waals surface area contributed by atoms with E-state index in [0.29, 0.717) is 21.6 Å². The van der Waals surface area contributed by atoms with Crippen LogP contribution in [0.25, 0.3) is 22.0 Å². The maximum atomic E-state index is 13.0. The van der Waals surface area contributed by atoms with Crippen LogP contribution in [-0.4, -0.2) is 21.1 Å². The molecule has 0 fully saturated rings. The molecule has 3 aromatic carbocycles. The van der Waals surface area contributed by atoms with Crippen LogP contribution in [0.4, 0.5) is 5.13 Å². The van der Waals surface area contributed by atoms with Gasteiger partial charge in [-0.3, -0.25) is 4.79 Å². The van der Waals surface area contributed by atoms with Crippen molar-refractivity contribution in [3.8, 4) is 17.3 Å². The molecular formula is C32H26N4OS2. The van der Waals surface area contributed by atoms with Gasteiger partial charge >= 0.3 is 0 Å². The molecule has 6 rings (SSSR count). The lowest BCUT2D eigenvalue weighted by Crippen LogP contribution is -2.23. The molecule has 39 heavy (non-hydrogen) atoms. The van der Waals surface area contributed by atoms with E-state index in [4.69, 9.17) is 4.98 Å². The van der Waals surface area contributed by atoms with E-state index in [9.17, 15) is 10.1 Å². The SMILES string of the molecule is CC(Sc1nc2c(cc1C#N)CC(c1ccccc1)CC2)C(=O)Nc1nc(-c2ccc3ccccc3c2)cs1. The first-order valence-electron chi connectivity index (χ1n) is 13.0. The van der Waals surface area contributed by atoms with Crippen LogP contribution < -0.4 is 5.32 Å². The number of carbonyl (C=O) groups is 1. The fraction of sp³-hybridized carbons (Fsp3) is 0.188. The average molecular weight is 547 g/mol. The maximum Gasteiger partial charge on any atom is 0.239 e. The molecule has 1 N–H and O–H groups in total. The second-order valence-electron chi connectivity index (χ2n) is 9.76. The number of aromatic nitrogens is 2. The number of nitriles is 1. The molecule has 7 heteroatoms. The summed E-state index contributed by atoms with van der Waals surface area (Å²) in [6, 6.07) is 29.3. The number of nitrogens with zero attached hydrogens (tertiary/aromatic N) is 3. The first-order chi connectivity index (χ1) is 19.1. The molecule has 2 aromatic heterocycles. The highest BCUT2D eigenvalue weighted by Gasteiger charge is 2.25. The molecule has 0 radical (unpaired) electrons. The predicted molar refractivity (Wildman–Crippen MR) is 159 cm³/mol. The average Bonchev–Trinajstić information content (AvgIpc) is 3.45. The van der Waals surface area contributed by atoms with Gasteiger partial charge in [-0.15, -0.1) is 11.3 Å². The fourth-order valence-corrected chi connectivity index (χ4v) is 6.68. The van der Waals surface area contributed by atoms with E-state index in [1.165, 1.54) is 34.0 Å². The Hall–Kier alpha value is -3.99. The van der Waals surface area contributed by atoms with Crippen LogP contribution in [0, 0.1) is 11.3 Å². The van der Waals surface area contributed by atoms with Crippen molar-refractivity contribution in [3.05, 3.63) is 107 Å². The minimum atomic E-state index is -0.434. The van der Waals surface area contributed by atoms with Crippen LogP contribution in [-0.2, 0) is 17.6 Å². The summed E-state index contributed by atoms with van der Waals surface area (Å²) in [7, 11) is 0. The number of fused-ring (bicyclic) bond motifs is 2. The van der Waals surface area contributed by atoms with Crippen molar-refractivity contribution in [1.29, 1.82) is 5.26 Å². The van der Waals surface area contributed by atoms with Crippen molar-refractivity contribution in [1.82, 2.24) is 9.97 Å². The molecule has 2 unspecified atom stereocenters. The van der Waals surface area contributed by atoms with E-state index in [1.54, 1.807) is 0 Å². The second kappa shape index (κ2) is 11.0. The number of nitrogens with one attached hydrogen (secondary N) is 1. The van der Waals surface area contributed by atoms with E-state index in [-0.39, 0.29) is 5.91 Å². The van der Waals surface area contributed by atoms with Gasteiger partial charge in [-0.1, -0.05) is 78.5 Å². The third kappa shape index (κ3) is 5.44. The summed E-state index contributed by atoms with van der Waals surface area (Å²) in [5.74, 6) is 0.278. The molecule has 0 aliphatic heterocycles. The van der Waals surface area contributed by atoms with Gasteiger partial charge in [0.2, 0.25) is 5.91 Å². The zero-order valence-corrected chi connectivity index (χ0v) is 23.1. The Labute approximate surface area is 236 Å². The van der Waals surface area contributed by atoms with Crippen LogP contribution in [0.3, 0.4) is 0 Å². The van der Waals surface area contributed by atoms with Crippen LogP contribution >= 0.6 is 23.1 Å². The summed E-state index contributed by atoms with van der Waals surface area (Å²) in [4.78, 5) is 22.6. The number of rotatable bonds is 6. The van der Waals surface area contributed by atoms with Crippen molar-refractivity contribution < 1.29 is 4.79 Å². The molecule has 192 valence electrons. The van der Waals surface area contributed by atoms with Gasteiger partial charge in [-0.25, -0.2) is 9.97 Å². The smallest absolute Gasteiger partial charge is 0.239 e. The second-order valence-corrected chi connectivity index (χ2v) is 11.9. The van der Waals surface area contributed by atoms with Gasteiger partial charge in [-0.2, -0.15) is 5.26 Å². The van der Waals surface area contributed by atoms with E-state index in [2.05, 4.69) is 71.0 Å². The van der Waals surface area contributed by atoms with Crippen molar-refractivity contribution in [2.75, 3.05) is 5.32 Å². The monoisotopic (exact) mass is 546 g/mol. The van der Waals surface area contributed by atoms with Gasteiger partial charge in [0.05, 0.1) is 16.5 Å². The molecule has 1 aliphatic carbocycles. The quantitative estimate of drug-likeness (QED) is 0.222. The Morgan fingerprint density at radius 2 is 1.85 bits per heavy atom. The number of hydrogen-bond donors (Lipinski definition) is 1. The molecule has 5 nitrogen and oxygen atoms in total. The van der Waals surface area contributed by atoms with Crippen molar-refractivity contribution in [3.63, 3.8) is 0 Å². The number of carbonyl (C=O) groups excluding carboxylic acids is 1. The van der Waals surface area contributed by atoms with Gasteiger partial charge in [-0.05, 0) is 66.1 Å². The normalized spacial score (nSPS) is 15.3. The van der Waals surface area contributed by atoms with E-state index in [1.807, 2.05) is 36.6 Å². The standard InChI is InChI=1S/C32H26N4OS2/c1-20(30(37)36-32-35-29(19-38-32)25-12-11-22-9-5-6-10-23(22)15-25)39-31-27(18-33)17-26-16-24(13-14-28(26)34-31)21-7-3-2-4-8-21/h2-12,15,17,19-20,24H,13-14,16H2,1H3,(H,35,36,37). The van der Waals surface area contributed by atoms with Crippen LogP contribution in [0.1, 0.15) is 41.6 Å². The Bertz CT molecular complexity index is 1710. The van der Waals surface area contributed by atoms with Crippen molar-refractivity contribution in [2.45, 2.75) is 42.4 Å². The minimum Gasteiger partial charge on any atom is -0.301 e. The lowest BCUT2D eigenvalue weighted by molar-refractivity contribution is -0.115. The molecule has 0 saturated heterocycles. The molecule has 0 spiro atoms. The molecule has 2 heterocycles. The number of pyridine rings is 1. The van der Waals surface area contributed by atoms with Crippen LogP contribution in [0.2, 0.25) is 0 Å². The highest BCUT2D eigenvalue weighted by atomic mass is 32.2. The van der Waals surface area contributed by atoms with Gasteiger partial charge in [0, 0.05) is 16.6 Å². The predicted octanol–water partition coefficient (Wildman–Crippen LogP) is 7.62. The largest absolute Gasteiger partial charge is 0.301 e. The summed E-state index contributed by atoms with van der Waals surface area (Å²) >= 11 is 2.73. The number of benzene rings is 3. The molecule has 1 aliphatic rings. The van der Waals surface area contributed by atoms with Crippen LogP contribution in [0.15, 0.2) is 89.3 Å². The Morgan fingerprint density at radius 3 is 2.67 bits per heavy atom. The molecule has 1 amide bonds. The Kier molecular flexibility index (Phi) is 7.14. The zero-order chi connectivity index (χ0) is 26.8. The summed E-state index contributed by atoms with van der Waals surface area (Å²) < 4.78 is 0. The molecule has 0 saturated carbocycles. The third-order valence-corrected chi connectivity index (χ3v) is 9.04. The molecule has 0 bridgehead atoms. The number of amides is 1. The lowest BCUT2D eigenvalue weighted by Gasteiger charge is -2.25. The number of anilines is 1. The van der Waals surface area contributed by atoms with Crippen molar-refractivity contribution >= 4 is 44.9 Å². The topological polar surface area (TPSA) is 78.7 Å². The van der Waals surface area contributed by atoms with Gasteiger partial charge < -0.3 is 5.32 Å². The molecular weight excluding hydrogens is 521 g/mol. The number of hydrogen-bond acceptors (Lipinski definition) is 6. The molecule has 5 aromatic rings. The van der Waals surface area contributed by atoms with E-state index < -0.39 is 5.25 Å². The number of thioether (sulfide) groups is 1. The summed E-state index contributed by atoms with van der Waals surface area (Å²) in [6.07, 6.45) is 2.77. The van der Waals surface area contributed by atoms with Crippen molar-refractivity contribution in [2.24, 2.45) is 0 Å². The van der Waals surface area contributed by atoms with Gasteiger partial charge in [0.1, 0.15) is 11.1 Å². The van der Waals surface area contributed by atoms with Gasteiger partial charge in [0.15, 0.2) is 5.13 Å². The Morgan fingerprint density at radius 1 is 1.05 bits per heavy atom. The first kappa shape index (κ1) is 25.3. The highest BCUT2D eigenvalue weighted by Crippen LogP contribution is 2.35. The lowest BCUT2D eigenvalue weighted by atomic mass is 9.82. The Balaban J connectivity index is 1.14. The highest BCUT2D eigenvalue weighted by molar-refractivity contribution is 8.00. The number of aryl methyl sites for hydroxylation is 1. The van der Waals surface area contributed by atoms with E-state index >= 15 is 0 Å². The third-order valence-electron chi connectivity index (χ3n) is 7.18.